The van der Waals surface area contributed by atoms with Crippen LogP contribution in [0.4, 0.5) is 17.1 Å². The maximum atomic E-state index is 13.0. The standard InChI is InChI=1S/C26H31N3O3S/c1-29(23-14-16-27-17-15-23)24-12-13-26(32-19-21-8-4-2-5-9-21)25(18-24)28-33(30,31)20-22-10-6-3-7-11-22/h3,6-7,10-18,21,28H,2,4-5,8-9,19-20H2,1H3. The van der Waals surface area contributed by atoms with Crippen LogP contribution in [-0.2, 0) is 15.8 Å². The van der Waals surface area contributed by atoms with Crippen LogP contribution in [0.3, 0.4) is 0 Å². The molecule has 174 valence electrons. The van der Waals surface area contributed by atoms with E-state index >= 15 is 0 Å². The van der Waals surface area contributed by atoms with Crippen LogP contribution < -0.4 is 14.4 Å². The normalized spacial score (nSPS) is 14.6. The summed E-state index contributed by atoms with van der Waals surface area (Å²) in [7, 11) is -1.68. The highest BCUT2D eigenvalue weighted by Gasteiger charge is 2.19. The molecule has 4 rings (SSSR count). The van der Waals surface area contributed by atoms with Crippen molar-refractivity contribution in [2.45, 2.75) is 37.9 Å². The van der Waals surface area contributed by atoms with E-state index in [9.17, 15) is 8.42 Å². The van der Waals surface area contributed by atoms with Crippen molar-refractivity contribution in [3.63, 3.8) is 0 Å². The molecule has 1 aromatic heterocycles. The Morgan fingerprint density at radius 2 is 1.70 bits per heavy atom. The van der Waals surface area contributed by atoms with E-state index in [-0.39, 0.29) is 5.75 Å². The monoisotopic (exact) mass is 465 g/mol. The molecule has 3 aromatic rings. The minimum absolute atomic E-state index is 0.0969. The number of hydrogen-bond donors (Lipinski definition) is 1. The third-order valence-corrected chi connectivity index (χ3v) is 7.31. The lowest BCUT2D eigenvalue weighted by Crippen LogP contribution is -2.19. The molecule has 0 atom stereocenters. The summed E-state index contributed by atoms with van der Waals surface area (Å²) >= 11 is 0. The molecular weight excluding hydrogens is 434 g/mol. The molecule has 1 fully saturated rings. The van der Waals surface area contributed by atoms with Gasteiger partial charge in [0, 0.05) is 30.8 Å². The van der Waals surface area contributed by atoms with Crippen LogP contribution in [0, 0.1) is 5.92 Å². The fraction of sp³-hybridized carbons (Fsp3) is 0.346. The molecule has 1 heterocycles. The Morgan fingerprint density at radius 1 is 0.970 bits per heavy atom. The van der Waals surface area contributed by atoms with Crippen molar-refractivity contribution in [1.29, 1.82) is 0 Å². The van der Waals surface area contributed by atoms with Crippen molar-refractivity contribution < 1.29 is 13.2 Å². The number of hydrogen-bond acceptors (Lipinski definition) is 5. The van der Waals surface area contributed by atoms with Gasteiger partial charge in [0.05, 0.1) is 18.0 Å². The van der Waals surface area contributed by atoms with E-state index in [4.69, 9.17) is 4.74 Å². The van der Waals surface area contributed by atoms with Crippen LogP contribution in [-0.4, -0.2) is 27.1 Å². The minimum Gasteiger partial charge on any atom is -0.491 e. The van der Waals surface area contributed by atoms with E-state index in [0.29, 0.717) is 24.0 Å². The number of anilines is 3. The molecule has 6 nitrogen and oxygen atoms in total. The molecule has 0 spiro atoms. The highest BCUT2D eigenvalue weighted by Crippen LogP contribution is 2.34. The fourth-order valence-corrected chi connectivity index (χ4v) is 5.41. The summed E-state index contributed by atoms with van der Waals surface area (Å²) < 4.78 is 34.9. The van der Waals surface area contributed by atoms with E-state index in [1.54, 1.807) is 12.4 Å². The van der Waals surface area contributed by atoms with Gasteiger partial charge in [-0.15, -0.1) is 0 Å². The van der Waals surface area contributed by atoms with Crippen molar-refractivity contribution in [3.05, 3.63) is 78.6 Å². The van der Waals surface area contributed by atoms with Crippen LogP contribution in [0.2, 0.25) is 0 Å². The third kappa shape index (κ3) is 6.48. The zero-order valence-electron chi connectivity index (χ0n) is 19.0. The molecule has 1 saturated carbocycles. The number of nitrogens with one attached hydrogen (secondary N) is 1. The van der Waals surface area contributed by atoms with Gasteiger partial charge in [-0.1, -0.05) is 49.6 Å². The summed E-state index contributed by atoms with van der Waals surface area (Å²) in [6, 6.07) is 18.6. The Morgan fingerprint density at radius 3 is 2.42 bits per heavy atom. The Kier molecular flexibility index (Phi) is 7.50. The van der Waals surface area contributed by atoms with E-state index in [0.717, 1.165) is 29.8 Å². The molecule has 0 aliphatic heterocycles. The van der Waals surface area contributed by atoms with Gasteiger partial charge in [-0.25, -0.2) is 8.42 Å². The number of benzene rings is 2. The quantitative estimate of drug-likeness (QED) is 0.436. The number of sulfonamides is 1. The fourth-order valence-electron chi connectivity index (χ4n) is 4.21. The first kappa shape index (κ1) is 23.1. The highest BCUT2D eigenvalue weighted by molar-refractivity contribution is 7.91. The lowest BCUT2D eigenvalue weighted by Gasteiger charge is -2.24. The summed E-state index contributed by atoms with van der Waals surface area (Å²) in [6.07, 6.45) is 9.56. The number of rotatable bonds is 9. The molecule has 33 heavy (non-hydrogen) atoms. The highest BCUT2D eigenvalue weighted by atomic mass is 32.2. The summed E-state index contributed by atoms with van der Waals surface area (Å²) in [6.45, 7) is 0.604. The first-order valence-corrected chi connectivity index (χ1v) is 13.1. The lowest BCUT2D eigenvalue weighted by molar-refractivity contribution is 0.209. The molecule has 7 heteroatoms. The van der Waals surface area contributed by atoms with Crippen molar-refractivity contribution in [2.75, 3.05) is 23.3 Å². The molecule has 2 aromatic carbocycles. The van der Waals surface area contributed by atoms with Gasteiger partial charge in [-0.2, -0.15) is 0 Å². The van der Waals surface area contributed by atoms with Gasteiger partial charge in [0.2, 0.25) is 10.0 Å². The van der Waals surface area contributed by atoms with Gasteiger partial charge < -0.3 is 9.64 Å². The van der Waals surface area contributed by atoms with Crippen molar-refractivity contribution >= 4 is 27.1 Å². The molecule has 0 unspecified atom stereocenters. The van der Waals surface area contributed by atoms with Gasteiger partial charge in [-0.3, -0.25) is 9.71 Å². The average Bonchev–Trinajstić information content (AvgIpc) is 2.84. The lowest BCUT2D eigenvalue weighted by atomic mass is 9.90. The second kappa shape index (κ2) is 10.7. The SMILES string of the molecule is CN(c1ccncc1)c1ccc(OCC2CCCCC2)c(NS(=O)(=O)Cc2ccccc2)c1. The second-order valence-corrected chi connectivity index (χ2v) is 10.3. The number of nitrogens with zero attached hydrogens (tertiary/aromatic N) is 2. The summed E-state index contributed by atoms with van der Waals surface area (Å²) in [5.74, 6) is 0.983. The molecule has 1 aliphatic carbocycles. The van der Waals surface area contributed by atoms with Gasteiger partial charge >= 0.3 is 0 Å². The van der Waals surface area contributed by atoms with Gasteiger partial charge in [0.25, 0.3) is 0 Å². The predicted molar refractivity (Wildman–Crippen MR) is 134 cm³/mol. The molecule has 0 amide bonds. The van der Waals surface area contributed by atoms with Crippen LogP contribution >= 0.6 is 0 Å². The zero-order valence-corrected chi connectivity index (χ0v) is 19.8. The zero-order chi connectivity index (χ0) is 23.1. The summed E-state index contributed by atoms with van der Waals surface area (Å²) in [5.41, 5.74) is 3.00. The first-order chi connectivity index (χ1) is 16.0. The first-order valence-electron chi connectivity index (χ1n) is 11.5. The van der Waals surface area contributed by atoms with E-state index in [1.165, 1.54) is 19.3 Å². The van der Waals surface area contributed by atoms with E-state index in [1.807, 2.05) is 72.6 Å². The third-order valence-electron chi connectivity index (χ3n) is 6.06. The second-order valence-electron chi connectivity index (χ2n) is 8.61. The molecule has 1 aliphatic rings. The Hall–Kier alpha value is -3.06. The van der Waals surface area contributed by atoms with Crippen molar-refractivity contribution in [1.82, 2.24) is 4.98 Å². The predicted octanol–water partition coefficient (Wildman–Crippen LogP) is 5.75. The average molecular weight is 466 g/mol. The Balaban J connectivity index is 1.58. The van der Waals surface area contributed by atoms with Crippen LogP contribution in [0.15, 0.2) is 73.1 Å². The topological polar surface area (TPSA) is 71.5 Å². The number of pyridine rings is 1. The maximum Gasteiger partial charge on any atom is 0.237 e. The van der Waals surface area contributed by atoms with E-state index < -0.39 is 10.0 Å². The molecule has 0 saturated heterocycles. The smallest absolute Gasteiger partial charge is 0.237 e. The molecule has 0 radical (unpaired) electrons. The van der Waals surface area contributed by atoms with Gasteiger partial charge in [0.1, 0.15) is 5.75 Å². The van der Waals surface area contributed by atoms with Gasteiger partial charge in [0.15, 0.2) is 0 Å². The number of aromatic nitrogens is 1. The molecular formula is C26H31N3O3S. The van der Waals surface area contributed by atoms with Gasteiger partial charge in [-0.05, 0) is 54.7 Å². The largest absolute Gasteiger partial charge is 0.491 e. The minimum atomic E-state index is -3.62. The summed E-state index contributed by atoms with van der Waals surface area (Å²) in [4.78, 5) is 6.06. The molecule has 1 N–H and O–H groups in total. The van der Waals surface area contributed by atoms with Crippen LogP contribution in [0.5, 0.6) is 5.75 Å². The molecule has 0 bridgehead atoms. The van der Waals surface area contributed by atoms with Crippen LogP contribution in [0.25, 0.3) is 0 Å². The number of ether oxygens (including phenoxy) is 1. The van der Waals surface area contributed by atoms with Crippen molar-refractivity contribution in [3.8, 4) is 5.75 Å². The van der Waals surface area contributed by atoms with E-state index in [2.05, 4.69) is 9.71 Å². The van der Waals surface area contributed by atoms with Crippen molar-refractivity contribution in [2.24, 2.45) is 5.92 Å². The van der Waals surface area contributed by atoms with Crippen LogP contribution in [0.1, 0.15) is 37.7 Å². The Labute approximate surface area is 196 Å². The summed E-state index contributed by atoms with van der Waals surface area (Å²) in [5, 5.41) is 0. The Bertz CT molecular complexity index is 1130. The maximum absolute atomic E-state index is 13.0.